The second-order valence-electron chi connectivity index (χ2n) is 3.70. The molecule has 0 aromatic carbocycles. The third-order valence-electron chi connectivity index (χ3n) is 2.71. The molecule has 1 amide bonds. The molecule has 1 fully saturated rings. The van der Waals surface area contributed by atoms with Gasteiger partial charge in [-0.3, -0.25) is 9.89 Å². The molecule has 0 spiro atoms. The number of β-amino-alcohol motifs (C(OH)–C–C–N with tert-alkyl or cyclic N) is 1. The zero-order chi connectivity index (χ0) is 10.8. The Kier molecular flexibility index (Phi) is 2.70. The Morgan fingerprint density at radius 3 is 3.00 bits per heavy atom. The lowest BCUT2D eigenvalue weighted by atomic mass is 10.1. The summed E-state index contributed by atoms with van der Waals surface area (Å²) in [6, 6.07) is -0.160. The second-order valence-corrected chi connectivity index (χ2v) is 3.70. The normalized spacial score (nSPS) is 25.5. The van der Waals surface area contributed by atoms with Crippen molar-refractivity contribution in [1.82, 2.24) is 20.4 Å². The highest BCUT2D eigenvalue weighted by molar-refractivity contribution is 5.93. The fourth-order valence-electron chi connectivity index (χ4n) is 1.77. The van der Waals surface area contributed by atoms with Crippen molar-refractivity contribution in [2.45, 2.75) is 12.1 Å². The van der Waals surface area contributed by atoms with Gasteiger partial charge in [-0.15, -0.1) is 0 Å². The third kappa shape index (κ3) is 1.86. The van der Waals surface area contributed by atoms with Gasteiger partial charge in [-0.05, 0) is 0 Å². The molecule has 0 bridgehead atoms. The van der Waals surface area contributed by atoms with Crippen molar-refractivity contribution in [2.75, 3.05) is 20.1 Å². The maximum Gasteiger partial charge on any atom is 0.257 e. The number of aromatic nitrogens is 2. The summed E-state index contributed by atoms with van der Waals surface area (Å²) in [4.78, 5) is 13.4. The van der Waals surface area contributed by atoms with E-state index in [0.29, 0.717) is 18.7 Å². The molecule has 3 N–H and O–H groups in total. The van der Waals surface area contributed by atoms with Crippen LogP contribution in [-0.2, 0) is 0 Å². The molecule has 1 aromatic heterocycles. The van der Waals surface area contributed by atoms with Gasteiger partial charge >= 0.3 is 0 Å². The number of rotatable bonds is 2. The summed E-state index contributed by atoms with van der Waals surface area (Å²) in [5.74, 6) is -0.128. The summed E-state index contributed by atoms with van der Waals surface area (Å²) in [6.45, 7) is 1.16. The molecule has 0 unspecified atom stereocenters. The van der Waals surface area contributed by atoms with Gasteiger partial charge in [0.05, 0.1) is 23.9 Å². The van der Waals surface area contributed by atoms with Crippen molar-refractivity contribution in [3.63, 3.8) is 0 Å². The number of hydrogen-bond acceptors (Lipinski definition) is 4. The van der Waals surface area contributed by atoms with Crippen molar-refractivity contribution in [2.24, 2.45) is 0 Å². The van der Waals surface area contributed by atoms with Gasteiger partial charge in [-0.1, -0.05) is 0 Å². The Balaban J connectivity index is 2.07. The van der Waals surface area contributed by atoms with E-state index in [1.807, 2.05) is 0 Å². The van der Waals surface area contributed by atoms with E-state index in [9.17, 15) is 9.90 Å². The second kappa shape index (κ2) is 4.00. The average Bonchev–Trinajstić information content (AvgIpc) is 2.85. The van der Waals surface area contributed by atoms with E-state index in [1.165, 1.54) is 6.20 Å². The van der Waals surface area contributed by atoms with Crippen molar-refractivity contribution < 1.29 is 9.90 Å². The van der Waals surface area contributed by atoms with Gasteiger partial charge in [0.15, 0.2) is 0 Å². The SMILES string of the molecule is CN(C(=O)c1cn[nH]c1)[C@@H]1CNC[C@H]1O. The quantitative estimate of drug-likeness (QED) is 0.573. The molecule has 2 heterocycles. The molecule has 1 aliphatic heterocycles. The van der Waals surface area contributed by atoms with Crippen LogP contribution in [0.25, 0.3) is 0 Å². The molecule has 0 aliphatic carbocycles. The highest BCUT2D eigenvalue weighted by Gasteiger charge is 2.31. The van der Waals surface area contributed by atoms with Gasteiger partial charge in [0.25, 0.3) is 5.91 Å². The van der Waals surface area contributed by atoms with E-state index in [2.05, 4.69) is 15.5 Å². The Hall–Kier alpha value is -1.40. The molecule has 82 valence electrons. The molecule has 1 aliphatic rings. The minimum Gasteiger partial charge on any atom is -0.390 e. The minimum atomic E-state index is -0.495. The number of nitrogens with zero attached hydrogens (tertiary/aromatic N) is 2. The first-order valence-corrected chi connectivity index (χ1v) is 4.85. The van der Waals surface area contributed by atoms with E-state index in [0.717, 1.165) is 0 Å². The van der Waals surface area contributed by atoms with E-state index < -0.39 is 6.10 Å². The molecule has 15 heavy (non-hydrogen) atoms. The largest absolute Gasteiger partial charge is 0.390 e. The van der Waals surface area contributed by atoms with E-state index >= 15 is 0 Å². The lowest BCUT2D eigenvalue weighted by molar-refractivity contribution is 0.0581. The third-order valence-corrected chi connectivity index (χ3v) is 2.71. The van der Waals surface area contributed by atoms with Gasteiger partial charge in [-0.2, -0.15) is 5.10 Å². The molecule has 1 aromatic rings. The first-order chi connectivity index (χ1) is 7.20. The number of likely N-dealkylation sites (N-methyl/N-ethyl adjacent to an activating group) is 1. The number of carbonyl (C=O) groups is 1. The summed E-state index contributed by atoms with van der Waals surface area (Å²) in [6.07, 6.45) is 2.53. The number of aliphatic hydroxyl groups excluding tert-OH is 1. The van der Waals surface area contributed by atoms with Gasteiger partial charge in [-0.25, -0.2) is 0 Å². The molecule has 0 radical (unpaired) electrons. The summed E-state index contributed by atoms with van der Waals surface area (Å²) in [7, 11) is 1.69. The Morgan fingerprint density at radius 2 is 2.47 bits per heavy atom. The van der Waals surface area contributed by atoms with Crippen molar-refractivity contribution in [1.29, 1.82) is 0 Å². The van der Waals surface area contributed by atoms with Gasteiger partial charge in [0.2, 0.25) is 0 Å². The first kappa shape index (κ1) is 10.1. The van der Waals surface area contributed by atoms with Crippen LogP contribution in [0.5, 0.6) is 0 Å². The maximum atomic E-state index is 11.9. The Morgan fingerprint density at radius 1 is 1.67 bits per heavy atom. The molecule has 6 heteroatoms. The smallest absolute Gasteiger partial charge is 0.257 e. The summed E-state index contributed by atoms with van der Waals surface area (Å²) >= 11 is 0. The number of carbonyl (C=O) groups excluding carboxylic acids is 1. The highest BCUT2D eigenvalue weighted by Crippen LogP contribution is 2.10. The van der Waals surface area contributed by atoms with E-state index in [4.69, 9.17) is 0 Å². The zero-order valence-corrected chi connectivity index (χ0v) is 8.47. The Labute approximate surface area is 87.3 Å². The van der Waals surface area contributed by atoms with Gasteiger partial charge < -0.3 is 15.3 Å². The van der Waals surface area contributed by atoms with Crippen LogP contribution in [0.15, 0.2) is 12.4 Å². The average molecular weight is 210 g/mol. The van der Waals surface area contributed by atoms with E-state index in [1.54, 1.807) is 18.1 Å². The lowest BCUT2D eigenvalue weighted by Crippen LogP contribution is -2.44. The lowest BCUT2D eigenvalue weighted by Gasteiger charge is -2.25. The predicted molar refractivity (Wildman–Crippen MR) is 53.3 cm³/mol. The Bertz CT molecular complexity index is 338. The van der Waals surface area contributed by atoms with Crippen molar-refractivity contribution in [3.05, 3.63) is 18.0 Å². The standard InChI is InChI=1S/C9H14N4O2/c1-13(7-4-10-5-8(7)14)9(15)6-2-11-12-3-6/h2-3,7-8,10,14H,4-5H2,1H3,(H,11,12)/t7-,8-/m1/s1. The topological polar surface area (TPSA) is 81.2 Å². The van der Waals surface area contributed by atoms with Crippen LogP contribution < -0.4 is 5.32 Å². The van der Waals surface area contributed by atoms with Crippen molar-refractivity contribution >= 4 is 5.91 Å². The van der Waals surface area contributed by atoms with Gasteiger partial charge in [0, 0.05) is 26.3 Å². The number of aliphatic hydroxyl groups is 1. The highest BCUT2D eigenvalue weighted by atomic mass is 16.3. The first-order valence-electron chi connectivity index (χ1n) is 4.85. The van der Waals surface area contributed by atoms with Crippen LogP contribution in [0.2, 0.25) is 0 Å². The number of H-pyrrole nitrogens is 1. The number of amides is 1. The van der Waals surface area contributed by atoms with Crippen LogP contribution in [0.4, 0.5) is 0 Å². The molecule has 6 nitrogen and oxygen atoms in total. The van der Waals surface area contributed by atoms with E-state index in [-0.39, 0.29) is 11.9 Å². The number of hydrogen-bond donors (Lipinski definition) is 3. The minimum absolute atomic E-state index is 0.128. The molecule has 2 atom stereocenters. The predicted octanol–water partition coefficient (Wildman–Crippen LogP) is -1.19. The molecule has 2 rings (SSSR count). The van der Waals surface area contributed by atoms with Crippen LogP contribution in [0.3, 0.4) is 0 Å². The van der Waals surface area contributed by atoms with Crippen LogP contribution in [0.1, 0.15) is 10.4 Å². The van der Waals surface area contributed by atoms with Crippen LogP contribution in [-0.4, -0.2) is 58.4 Å². The number of aromatic amines is 1. The van der Waals surface area contributed by atoms with Crippen LogP contribution in [0, 0.1) is 0 Å². The fourth-order valence-corrected chi connectivity index (χ4v) is 1.77. The number of nitrogens with one attached hydrogen (secondary N) is 2. The van der Waals surface area contributed by atoms with Crippen molar-refractivity contribution in [3.8, 4) is 0 Å². The molecular formula is C9H14N4O2. The zero-order valence-electron chi connectivity index (χ0n) is 8.47. The molecule has 0 saturated carbocycles. The summed E-state index contributed by atoms with van der Waals surface area (Å²) < 4.78 is 0. The van der Waals surface area contributed by atoms with Gasteiger partial charge in [0.1, 0.15) is 0 Å². The monoisotopic (exact) mass is 210 g/mol. The fraction of sp³-hybridized carbons (Fsp3) is 0.556. The summed E-state index contributed by atoms with van der Waals surface area (Å²) in [5, 5.41) is 19.0. The molecule has 1 saturated heterocycles. The summed E-state index contributed by atoms with van der Waals surface area (Å²) in [5.41, 5.74) is 0.511. The van der Waals surface area contributed by atoms with Crippen LogP contribution >= 0.6 is 0 Å². The molecular weight excluding hydrogens is 196 g/mol. The maximum absolute atomic E-state index is 11.9.